The molecular formula is C12H9F2N3OS. The van der Waals surface area contributed by atoms with Crippen LogP contribution in [-0.2, 0) is 6.54 Å². The molecule has 0 atom stereocenters. The predicted octanol–water partition coefficient (Wildman–Crippen LogP) is 2.70. The third-order valence-corrected chi connectivity index (χ3v) is 3.79. The van der Waals surface area contributed by atoms with Crippen molar-refractivity contribution >= 4 is 21.6 Å². The van der Waals surface area contributed by atoms with E-state index in [2.05, 4.69) is 4.98 Å². The normalized spacial score (nSPS) is 11.5. The van der Waals surface area contributed by atoms with Crippen LogP contribution in [0.25, 0.3) is 10.2 Å². The van der Waals surface area contributed by atoms with E-state index in [9.17, 15) is 13.6 Å². The lowest BCUT2D eigenvalue weighted by Gasteiger charge is -2.07. The van der Waals surface area contributed by atoms with Gasteiger partial charge in [0.05, 0.1) is 16.8 Å². The van der Waals surface area contributed by atoms with Gasteiger partial charge in [-0.25, -0.2) is 4.98 Å². The van der Waals surface area contributed by atoms with Crippen LogP contribution < -0.4 is 4.87 Å². The van der Waals surface area contributed by atoms with E-state index in [4.69, 9.17) is 0 Å². The Morgan fingerprint density at radius 1 is 1.32 bits per heavy atom. The lowest BCUT2D eigenvalue weighted by atomic mass is 10.3. The van der Waals surface area contributed by atoms with E-state index in [-0.39, 0.29) is 17.2 Å². The molecule has 0 saturated carbocycles. The van der Waals surface area contributed by atoms with Crippen LogP contribution in [0.2, 0.25) is 0 Å². The van der Waals surface area contributed by atoms with Crippen molar-refractivity contribution in [1.29, 1.82) is 0 Å². The van der Waals surface area contributed by atoms with Crippen LogP contribution in [0.15, 0.2) is 41.5 Å². The van der Waals surface area contributed by atoms with Crippen molar-refractivity contribution in [1.82, 2.24) is 14.1 Å². The number of nitrogens with zero attached hydrogens (tertiary/aromatic N) is 3. The van der Waals surface area contributed by atoms with Crippen LogP contribution in [0.4, 0.5) is 8.78 Å². The fraction of sp³-hybridized carbons (Fsp3) is 0.167. The van der Waals surface area contributed by atoms with Crippen molar-refractivity contribution in [3.63, 3.8) is 0 Å². The number of alkyl halides is 2. The van der Waals surface area contributed by atoms with Crippen LogP contribution in [0.5, 0.6) is 0 Å². The summed E-state index contributed by atoms with van der Waals surface area (Å²) < 4.78 is 28.5. The largest absolute Gasteiger partial charge is 0.319 e. The summed E-state index contributed by atoms with van der Waals surface area (Å²) in [7, 11) is 0. The van der Waals surface area contributed by atoms with Crippen LogP contribution in [0, 0.1) is 0 Å². The molecule has 0 aliphatic heterocycles. The molecule has 3 aromatic rings. The zero-order valence-electron chi connectivity index (χ0n) is 9.66. The summed E-state index contributed by atoms with van der Waals surface area (Å²) in [5.74, 6) is 0.167. The van der Waals surface area contributed by atoms with E-state index in [0.29, 0.717) is 0 Å². The van der Waals surface area contributed by atoms with Gasteiger partial charge in [0.15, 0.2) is 0 Å². The van der Waals surface area contributed by atoms with Gasteiger partial charge in [-0.1, -0.05) is 23.5 Å². The summed E-state index contributed by atoms with van der Waals surface area (Å²) in [4.78, 5) is 15.6. The Balaban J connectivity index is 2.08. The average molecular weight is 281 g/mol. The first-order valence-corrected chi connectivity index (χ1v) is 6.36. The van der Waals surface area contributed by atoms with Gasteiger partial charge in [-0.3, -0.25) is 13.9 Å². The molecule has 2 heterocycles. The Kier molecular flexibility index (Phi) is 2.90. The Hall–Kier alpha value is -2.02. The molecule has 0 unspecified atom stereocenters. The van der Waals surface area contributed by atoms with E-state index in [1.54, 1.807) is 6.07 Å². The minimum absolute atomic E-state index is 0.0419. The highest BCUT2D eigenvalue weighted by atomic mass is 32.1. The van der Waals surface area contributed by atoms with Gasteiger partial charge >= 0.3 is 11.4 Å². The maximum absolute atomic E-state index is 12.7. The first-order chi connectivity index (χ1) is 9.16. The molecule has 0 radical (unpaired) electrons. The summed E-state index contributed by atoms with van der Waals surface area (Å²) in [5.41, 5.74) is 0.737. The zero-order chi connectivity index (χ0) is 13.4. The second-order valence-electron chi connectivity index (χ2n) is 3.95. The molecule has 7 heteroatoms. The number of halogens is 2. The molecule has 2 aromatic heterocycles. The fourth-order valence-electron chi connectivity index (χ4n) is 1.95. The summed E-state index contributed by atoms with van der Waals surface area (Å²) in [6.45, 7) is -2.61. The van der Waals surface area contributed by atoms with Gasteiger partial charge in [-0.05, 0) is 12.1 Å². The highest BCUT2D eigenvalue weighted by molar-refractivity contribution is 7.16. The highest BCUT2D eigenvalue weighted by Gasteiger charge is 2.14. The molecule has 1 aromatic carbocycles. The third kappa shape index (κ3) is 2.06. The molecule has 4 nitrogen and oxygen atoms in total. The number of aromatic nitrogens is 3. The molecule has 0 spiro atoms. The first-order valence-electron chi connectivity index (χ1n) is 5.55. The second kappa shape index (κ2) is 4.58. The van der Waals surface area contributed by atoms with E-state index in [1.807, 2.05) is 18.2 Å². The summed E-state index contributed by atoms with van der Waals surface area (Å²) in [6, 6.07) is 7.27. The molecule has 0 N–H and O–H groups in total. The molecule has 98 valence electrons. The average Bonchev–Trinajstić information content (AvgIpc) is 2.96. The molecule has 0 aliphatic rings. The van der Waals surface area contributed by atoms with Crippen LogP contribution in [-0.4, -0.2) is 14.1 Å². The minimum atomic E-state index is -2.65. The smallest absolute Gasteiger partial charge is 0.291 e. The number of para-hydroxylation sites is 1. The highest BCUT2D eigenvalue weighted by Crippen LogP contribution is 2.19. The second-order valence-corrected chi connectivity index (χ2v) is 4.94. The van der Waals surface area contributed by atoms with Crippen molar-refractivity contribution < 1.29 is 8.78 Å². The van der Waals surface area contributed by atoms with Gasteiger partial charge < -0.3 is 0 Å². The molecule has 19 heavy (non-hydrogen) atoms. The van der Waals surface area contributed by atoms with E-state index < -0.39 is 6.55 Å². The Labute approximate surface area is 110 Å². The number of thiazole rings is 1. The SMILES string of the molecule is O=c1sc2ccccc2n1Cc1nccn1C(F)F. The van der Waals surface area contributed by atoms with Gasteiger partial charge in [-0.15, -0.1) is 0 Å². The summed E-state index contributed by atoms with van der Waals surface area (Å²) >= 11 is 1.10. The standard InChI is InChI=1S/C12H9F2N3OS/c13-11(14)16-6-5-15-10(16)7-17-8-3-1-2-4-9(8)19-12(17)18/h1-6,11H,7H2. The topological polar surface area (TPSA) is 39.8 Å². The van der Waals surface area contributed by atoms with E-state index in [1.165, 1.54) is 17.0 Å². The lowest BCUT2D eigenvalue weighted by molar-refractivity contribution is 0.0667. The van der Waals surface area contributed by atoms with E-state index >= 15 is 0 Å². The number of imidazole rings is 1. The molecule has 0 amide bonds. The van der Waals surface area contributed by atoms with Crippen molar-refractivity contribution in [2.24, 2.45) is 0 Å². The molecule has 0 bridgehead atoms. The molecule has 0 fully saturated rings. The predicted molar refractivity (Wildman–Crippen MR) is 68.7 cm³/mol. The monoisotopic (exact) mass is 281 g/mol. The van der Waals surface area contributed by atoms with Crippen LogP contribution in [0.1, 0.15) is 12.4 Å². The first kappa shape index (κ1) is 12.0. The molecular weight excluding hydrogens is 272 g/mol. The number of hydrogen-bond acceptors (Lipinski definition) is 3. The maximum Gasteiger partial charge on any atom is 0.319 e. The third-order valence-electron chi connectivity index (χ3n) is 2.83. The number of rotatable bonds is 3. The van der Waals surface area contributed by atoms with Gasteiger partial charge in [0.25, 0.3) is 0 Å². The van der Waals surface area contributed by atoms with Gasteiger partial charge in [0.2, 0.25) is 0 Å². The van der Waals surface area contributed by atoms with Crippen LogP contribution >= 0.6 is 11.3 Å². The van der Waals surface area contributed by atoms with Gasteiger partial charge in [0, 0.05) is 12.4 Å². The molecule has 0 aliphatic carbocycles. The van der Waals surface area contributed by atoms with Crippen molar-refractivity contribution in [2.75, 3.05) is 0 Å². The molecule has 3 rings (SSSR count). The fourth-order valence-corrected chi connectivity index (χ4v) is 2.84. The van der Waals surface area contributed by atoms with Gasteiger partial charge in [-0.2, -0.15) is 8.78 Å². The van der Waals surface area contributed by atoms with Crippen LogP contribution in [0.3, 0.4) is 0 Å². The van der Waals surface area contributed by atoms with Gasteiger partial charge in [0.1, 0.15) is 5.82 Å². The number of fused-ring (bicyclic) bond motifs is 1. The molecule has 0 saturated heterocycles. The lowest BCUT2D eigenvalue weighted by Crippen LogP contribution is -2.17. The maximum atomic E-state index is 12.7. The Bertz CT molecular complexity index is 774. The Morgan fingerprint density at radius 2 is 2.11 bits per heavy atom. The van der Waals surface area contributed by atoms with E-state index in [0.717, 1.165) is 26.1 Å². The summed E-state index contributed by atoms with van der Waals surface area (Å²) in [6.07, 6.45) is 2.51. The minimum Gasteiger partial charge on any atom is -0.291 e. The van der Waals surface area contributed by atoms with Crippen molar-refractivity contribution in [3.8, 4) is 0 Å². The Morgan fingerprint density at radius 3 is 2.89 bits per heavy atom. The van der Waals surface area contributed by atoms with Crippen molar-refractivity contribution in [3.05, 3.63) is 52.2 Å². The quantitative estimate of drug-likeness (QED) is 0.740. The van der Waals surface area contributed by atoms with Crippen molar-refractivity contribution in [2.45, 2.75) is 13.1 Å². The summed E-state index contributed by atoms with van der Waals surface area (Å²) in [5, 5.41) is 0. The number of hydrogen-bond donors (Lipinski definition) is 0. The number of benzene rings is 1. The zero-order valence-corrected chi connectivity index (χ0v) is 10.5.